The predicted molar refractivity (Wildman–Crippen MR) is 61.7 cm³/mol. The van der Waals surface area contributed by atoms with E-state index in [9.17, 15) is 4.79 Å². The summed E-state index contributed by atoms with van der Waals surface area (Å²) in [6.07, 6.45) is 4.39. The number of nitrogens with zero attached hydrogens (tertiary/aromatic N) is 1. The maximum absolute atomic E-state index is 10.3. The van der Waals surface area contributed by atoms with E-state index in [4.69, 9.17) is 10.5 Å². The van der Waals surface area contributed by atoms with Gasteiger partial charge < -0.3 is 5.11 Å². The predicted octanol–water partition coefficient (Wildman–Crippen LogP) is 2.50. The van der Waals surface area contributed by atoms with Crippen molar-refractivity contribution in [3.8, 4) is 0 Å². The lowest BCUT2D eigenvalue weighted by molar-refractivity contribution is -0.131. The van der Waals surface area contributed by atoms with Crippen molar-refractivity contribution >= 4 is 17.5 Å². The molecule has 0 heterocycles. The standard InChI is InChI=1S/C11H18N2O2/c1-4-5-9(3)13-11(12)8(2)6-7-10(14)15/h6-8,12H,4-5H2,1-3H3,(H,14,15)/b7-6-,12-11?,13-9?. The van der Waals surface area contributed by atoms with Crippen molar-refractivity contribution < 1.29 is 9.90 Å². The summed E-state index contributed by atoms with van der Waals surface area (Å²) in [6.45, 7) is 5.69. The van der Waals surface area contributed by atoms with Gasteiger partial charge in [0.15, 0.2) is 0 Å². The van der Waals surface area contributed by atoms with Crippen molar-refractivity contribution in [2.75, 3.05) is 0 Å². The number of aliphatic imine (C=N–C) groups is 1. The van der Waals surface area contributed by atoms with Crippen LogP contribution in [0.3, 0.4) is 0 Å². The molecule has 0 aliphatic carbocycles. The molecule has 0 amide bonds. The summed E-state index contributed by atoms with van der Waals surface area (Å²) in [5.41, 5.74) is 0.915. The fraction of sp³-hybridized carbons (Fsp3) is 0.545. The normalized spacial score (nSPS) is 14.2. The second kappa shape index (κ2) is 6.92. The van der Waals surface area contributed by atoms with Crippen LogP contribution in [0.5, 0.6) is 0 Å². The first-order valence-corrected chi connectivity index (χ1v) is 5.01. The third-order valence-corrected chi connectivity index (χ3v) is 1.88. The van der Waals surface area contributed by atoms with Gasteiger partial charge in [-0.05, 0) is 13.3 Å². The van der Waals surface area contributed by atoms with Crippen LogP contribution in [0.4, 0.5) is 0 Å². The van der Waals surface area contributed by atoms with Gasteiger partial charge in [-0.3, -0.25) is 5.41 Å². The highest BCUT2D eigenvalue weighted by Crippen LogP contribution is 2.03. The lowest BCUT2D eigenvalue weighted by Gasteiger charge is -2.04. The molecule has 0 spiro atoms. The van der Waals surface area contributed by atoms with Crippen LogP contribution in [-0.4, -0.2) is 22.6 Å². The van der Waals surface area contributed by atoms with Gasteiger partial charge in [-0.1, -0.05) is 26.3 Å². The van der Waals surface area contributed by atoms with E-state index in [1.54, 1.807) is 6.92 Å². The minimum atomic E-state index is -0.996. The fourth-order valence-electron chi connectivity index (χ4n) is 1.04. The molecular weight excluding hydrogens is 192 g/mol. The second-order valence-electron chi connectivity index (χ2n) is 3.47. The number of amidine groups is 1. The molecule has 15 heavy (non-hydrogen) atoms. The Hall–Kier alpha value is -1.45. The number of carboxylic acid groups (broad SMARTS) is 1. The molecule has 4 nitrogen and oxygen atoms in total. The molecule has 0 aromatic rings. The maximum atomic E-state index is 10.3. The zero-order valence-corrected chi connectivity index (χ0v) is 9.45. The molecule has 0 rings (SSSR count). The largest absolute Gasteiger partial charge is 0.478 e. The Bertz CT molecular complexity index is 293. The van der Waals surface area contributed by atoms with Crippen LogP contribution in [0.2, 0.25) is 0 Å². The summed E-state index contributed by atoms with van der Waals surface area (Å²) >= 11 is 0. The number of aliphatic carboxylic acids is 1. The molecule has 0 saturated heterocycles. The Labute approximate surface area is 90.2 Å². The van der Waals surface area contributed by atoms with Crippen LogP contribution in [0.25, 0.3) is 0 Å². The first kappa shape index (κ1) is 13.5. The van der Waals surface area contributed by atoms with Gasteiger partial charge in [-0.25, -0.2) is 9.79 Å². The van der Waals surface area contributed by atoms with E-state index in [2.05, 4.69) is 11.9 Å². The molecule has 0 saturated carbocycles. The van der Waals surface area contributed by atoms with Crippen LogP contribution >= 0.6 is 0 Å². The number of nitrogens with one attached hydrogen (secondary N) is 1. The highest BCUT2D eigenvalue weighted by molar-refractivity contribution is 5.97. The van der Waals surface area contributed by atoms with Crippen molar-refractivity contribution in [3.63, 3.8) is 0 Å². The van der Waals surface area contributed by atoms with E-state index in [1.165, 1.54) is 6.08 Å². The van der Waals surface area contributed by atoms with Crippen LogP contribution in [0.15, 0.2) is 17.1 Å². The minimum absolute atomic E-state index is 0.207. The molecular formula is C11H18N2O2. The van der Waals surface area contributed by atoms with Gasteiger partial charge in [-0.15, -0.1) is 0 Å². The second-order valence-corrected chi connectivity index (χ2v) is 3.47. The summed E-state index contributed by atoms with van der Waals surface area (Å²) in [4.78, 5) is 14.4. The summed E-state index contributed by atoms with van der Waals surface area (Å²) in [5.74, 6) is -1.05. The Morgan fingerprint density at radius 3 is 2.67 bits per heavy atom. The van der Waals surface area contributed by atoms with E-state index in [-0.39, 0.29) is 11.8 Å². The molecule has 4 heteroatoms. The van der Waals surface area contributed by atoms with Crippen LogP contribution in [-0.2, 0) is 4.79 Å². The van der Waals surface area contributed by atoms with Crippen LogP contribution in [0.1, 0.15) is 33.6 Å². The zero-order valence-electron chi connectivity index (χ0n) is 9.45. The van der Waals surface area contributed by atoms with Gasteiger partial charge in [0.2, 0.25) is 0 Å². The summed E-state index contributed by atoms with van der Waals surface area (Å²) in [5, 5.41) is 16.0. The SMILES string of the molecule is CCCC(C)=NC(=N)C(C)/C=C\C(=O)O. The molecule has 2 N–H and O–H groups in total. The molecule has 1 unspecified atom stereocenters. The lowest BCUT2D eigenvalue weighted by atomic mass is 10.1. The van der Waals surface area contributed by atoms with Gasteiger partial charge in [0.05, 0.1) is 0 Å². The van der Waals surface area contributed by atoms with Crippen molar-refractivity contribution in [2.24, 2.45) is 10.9 Å². The first-order valence-electron chi connectivity index (χ1n) is 5.01. The van der Waals surface area contributed by atoms with E-state index in [0.717, 1.165) is 24.6 Å². The number of hydrogen-bond donors (Lipinski definition) is 2. The van der Waals surface area contributed by atoms with E-state index in [1.807, 2.05) is 6.92 Å². The van der Waals surface area contributed by atoms with E-state index >= 15 is 0 Å². The van der Waals surface area contributed by atoms with Gasteiger partial charge >= 0.3 is 5.97 Å². The van der Waals surface area contributed by atoms with Crippen molar-refractivity contribution in [2.45, 2.75) is 33.6 Å². The molecule has 0 fully saturated rings. The summed E-state index contributed by atoms with van der Waals surface area (Å²) < 4.78 is 0. The Morgan fingerprint density at radius 1 is 1.60 bits per heavy atom. The Balaban J connectivity index is 4.33. The first-order chi connectivity index (χ1) is 6.97. The van der Waals surface area contributed by atoms with E-state index in [0.29, 0.717) is 0 Å². The lowest BCUT2D eigenvalue weighted by Crippen LogP contribution is -2.07. The smallest absolute Gasteiger partial charge is 0.327 e. The molecule has 0 aromatic heterocycles. The van der Waals surface area contributed by atoms with E-state index < -0.39 is 5.97 Å². The Kier molecular flexibility index (Phi) is 6.25. The summed E-state index contributed by atoms with van der Waals surface area (Å²) in [7, 11) is 0. The van der Waals surface area contributed by atoms with Crippen molar-refractivity contribution in [3.05, 3.63) is 12.2 Å². The van der Waals surface area contributed by atoms with Gasteiger partial charge in [-0.2, -0.15) is 0 Å². The topological polar surface area (TPSA) is 73.5 Å². The molecule has 0 aliphatic heterocycles. The number of carboxylic acids is 1. The number of hydrogen-bond acceptors (Lipinski definition) is 2. The van der Waals surface area contributed by atoms with Crippen LogP contribution < -0.4 is 0 Å². The number of carbonyl (C=O) groups is 1. The zero-order chi connectivity index (χ0) is 11.8. The average molecular weight is 210 g/mol. The maximum Gasteiger partial charge on any atom is 0.327 e. The average Bonchev–Trinajstić information content (AvgIpc) is 2.14. The molecule has 84 valence electrons. The van der Waals surface area contributed by atoms with Crippen molar-refractivity contribution in [1.29, 1.82) is 5.41 Å². The fourth-order valence-corrected chi connectivity index (χ4v) is 1.04. The van der Waals surface area contributed by atoms with Gasteiger partial charge in [0.1, 0.15) is 5.84 Å². The summed E-state index contributed by atoms with van der Waals surface area (Å²) in [6, 6.07) is 0. The van der Waals surface area contributed by atoms with Gasteiger partial charge in [0.25, 0.3) is 0 Å². The number of rotatable bonds is 5. The highest BCUT2D eigenvalue weighted by Gasteiger charge is 2.04. The quantitative estimate of drug-likeness (QED) is 0.415. The molecule has 0 bridgehead atoms. The van der Waals surface area contributed by atoms with Crippen LogP contribution in [0, 0.1) is 11.3 Å². The molecule has 0 radical (unpaired) electrons. The monoisotopic (exact) mass is 210 g/mol. The third-order valence-electron chi connectivity index (χ3n) is 1.88. The minimum Gasteiger partial charge on any atom is -0.478 e. The molecule has 1 atom stereocenters. The highest BCUT2D eigenvalue weighted by atomic mass is 16.4. The third kappa shape index (κ3) is 6.60. The van der Waals surface area contributed by atoms with Gasteiger partial charge in [0, 0.05) is 17.7 Å². The molecule has 0 aliphatic rings. The molecule has 0 aromatic carbocycles. The Morgan fingerprint density at radius 2 is 2.20 bits per heavy atom. The van der Waals surface area contributed by atoms with Crippen molar-refractivity contribution in [1.82, 2.24) is 0 Å².